The van der Waals surface area contributed by atoms with Crippen LogP contribution in [0.5, 0.6) is 11.5 Å². The van der Waals surface area contributed by atoms with Gasteiger partial charge in [-0.05, 0) is 36.3 Å². The molecule has 1 N–H and O–H groups in total. The summed E-state index contributed by atoms with van der Waals surface area (Å²) in [4.78, 5) is 28.7. The molecule has 172 valence electrons. The maximum Gasteiger partial charge on any atom is 0.278 e. The third-order valence-electron chi connectivity index (χ3n) is 6.66. The first kappa shape index (κ1) is 20.9. The van der Waals surface area contributed by atoms with E-state index in [1.165, 1.54) is 6.07 Å². The summed E-state index contributed by atoms with van der Waals surface area (Å²) >= 11 is 1.77. The van der Waals surface area contributed by atoms with Gasteiger partial charge in [0.25, 0.3) is 5.91 Å². The minimum absolute atomic E-state index is 0.0208. The van der Waals surface area contributed by atoms with Gasteiger partial charge in [0, 0.05) is 34.5 Å². The highest BCUT2D eigenvalue weighted by Crippen LogP contribution is 2.46. The van der Waals surface area contributed by atoms with E-state index < -0.39 is 11.2 Å². The number of hydrogen-bond acceptors (Lipinski definition) is 6. The van der Waals surface area contributed by atoms with Gasteiger partial charge >= 0.3 is 0 Å². The Morgan fingerprint density at radius 3 is 2.82 bits per heavy atom. The van der Waals surface area contributed by atoms with E-state index >= 15 is 0 Å². The van der Waals surface area contributed by atoms with Crippen LogP contribution in [0.25, 0.3) is 0 Å². The molecule has 2 unspecified atom stereocenters. The molecule has 8 heteroatoms. The summed E-state index contributed by atoms with van der Waals surface area (Å²) in [5.41, 5.74) is 2.67. The Morgan fingerprint density at radius 1 is 1.09 bits per heavy atom. The normalized spacial score (nSPS) is 21.9. The number of benzene rings is 2. The predicted octanol–water partition coefficient (Wildman–Crippen LogP) is 3.64. The number of nitrogens with zero attached hydrogens (tertiary/aromatic N) is 3. The highest BCUT2D eigenvalue weighted by Gasteiger charge is 2.40. The molecule has 3 aliphatic heterocycles. The standard InChI is InChI=1S/C26H23N3O4S/c1-16-6-5-13-33-20-9-4-7-17-14-34-21-10-3-2-8-18(21)23(22(17)20)29-15-27(16)26(32)24-25(31)19(30)11-12-28(24)29/h2-12,16,23,31H,13-15H2,1H3/b6-5+. The van der Waals surface area contributed by atoms with Gasteiger partial charge in [0.1, 0.15) is 25.1 Å². The van der Waals surface area contributed by atoms with Crippen molar-refractivity contribution in [3.63, 3.8) is 0 Å². The number of hydrogen-bond donors (Lipinski definition) is 1. The fourth-order valence-corrected chi connectivity index (χ4v) is 6.06. The van der Waals surface area contributed by atoms with Gasteiger partial charge in [0.2, 0.25) is 5.43 Å². The molecule has 1 amide bonds. The van der Waals surface area contributed by atoms with Gasteiger partial charge in [-0.15, -0.1) is 11.8 Å². The van der Waals surface area contributed by atoms with Crippen LogP contribution in [0, 0.1) is 0 Å². The van der Waals surface area contributed by atoms with E-state index in [-0.39, 0.29) is 30.4 Å². The lowest BCUT2D eigenvalue weighted by atomic mass is 9.93. The molecule has 0 saturated carbocycles. The largest absolute Gasteiger partial charge is 0.502 e. The molecule has 0 saturated heterocycles. The summed E-state index contributed by atoms with van der Waals surface area (Å²) in [5, 5.41) is 12.8. The van der Waals surface area contributed by atoms with Gasteiger partial charge in [-0.2, -0.15) is 0 Å². The summed E-state index contributed by atoms with van der Waals surface area (Å²) in [6.45, 7) is 2.57. The lowest BCUT2D eigenvalue weighted by molar-refractivity contribution is 0.0642. The quantitative estimate of drug-likeness (QED) is 0.503. The van der Waals surface area contributed by atoms with Crippen LogP contribution in [0.2, 0.25) is 0 Å². The van der Waals surface area contributed by atoms with Crippen LogP contribution in [0.3, 0.4) is 0 Å². The van der Waals surface area contributed by atoms with Crippen molar-refractivity contribution in [3.05, 3.63) is 99.5 Å². The third-order valence-corrected chi connectivity index (χ3v) is 7.80. The first-order valence-corrected chi connectivity index (χ1v) is 12.2. The van der Waals surface area contributed by atoms with Gasteiger partial charge in [-0.1, -0.05) is 36.4 Å². The molecule has 3 aromatic rings. The number of aromatic nitrogens is 1. The lowest BCUT2D eigenvalue weighted by Crippen LogP contribution is -2.57. The summed E-state index contributed by atoms with van der Waals surface area (Å²) in [5.74, 6) is 0.655. The van der Waals surface area contributed by atoms with E-state index in [4.69, 9.17) is 4.74 Å². The number of pyridine rings is 1. The predicted molar refractivity (Wildman–Crippen MR) is 130 cm³/mol. The van der Waals surface area contributed by atoms with E-state index in [0.29, 0.717) is 6.61 Å². The number of thioether (sulfide) groups is 1. The average Bonchev–Trinajstić information content (AvgIpc) is 3.02. The van der Waals surface area contributed by atoms with E-state index in [1.807, 2.05) is 48.4 Å². The lowest BCUT2D eigenvalue weighted by Gasteiger charge is -2.45. The van der Waals surface area contributed by atoms with Crippen molar-refractivity contribution in [2.75, 3.05) is 18.3 Å². The minimum atomic E-state index is -0.574. The number of rotatable bonds is 0. The molecular formula is C26H23N3O4S. The van der Waals surface area contributed by atoms with Crippen LogP contribution >= 0.6 is 11.8 Å². The molecule has 7 nitrogen and oxygen atoms in total. The van der Waals surface area contributed by atoms with Gasteiger partial charge in [0.05, 0.1) is 0 Å². The molecule has 3 aliphatic rings. The summed E-state index contributed by atoms with van der Waals surface area (Å²) in [7, 11) is 0. The zero-order valence-corrected chi connectivity index (χ0v) is 19.4. The van der Waals surface area contributed by atoms with Crippen molar-refractivity contribution in [2.45, 2.75) is 29.7 Å². The fraction of sp³-hybridized carbons (Fsp3) is 0.231. The molecule has 0 radical (unpaired) electrons. The molecule has 2 atom stereocenters. The maximum atomic E-state index is 13.5. The van der Waals surface area contributed by atoms with Gasteiger partial charge in [0.15, 0.2) is 11.4 Å². The van der Waals surface area contributed by atoms with Gasteiger partial charge < -0.3 is 14.7 Å². The SMILES string of the molecule is CC1/C=C/COc2cccc3c2C(c2ccccc2SC3)N2CN1C(=O)c1c(O)c(=O)ccn12. The number of aromatic hydroxyl groups is 1. The number of carbonyl (C=O) groups excluding carboxylic acids is 1. The molecule has 6 rings (SSSR count). The van der Waals surface area contributed by atoms with Gasteiger partial charge in [-0.3, -0.25) is 19.3 Å². The highest BCUT2D eigenvalue weighted by atomic mass is 32.2. The molecule has 1 aromatic heterocycles. The van der Waals surface area contributed by atoms with Gasteiger partial charge in [-0.25, -0.2) is 0 Å². The zero-order valence-electron chi connectivity index (χ0n) is 18.5. The minimum Gasteiger partial charge on any atom is -0.502 e. The Labute approximate surface area is 200 Å². The van der Waals surface area contributed by atoms with Crippen molar-refractivity contribution < 1.29 is 14.6 Å². The molecule has 34 heavy (non-hydrogen) atoms. The fourth-order valence-electron chi connectivity index (χ4n) is 4.98. The van der Waals surface area contributed by atoms with Crippen LogP contribution in [0.4, 0.5) is 0 Å². The Hall–Kier alpha value is -3.65. The van der Waals surface area contributed by atoms with Crippen molar-refractivity contribution in [3.8, 4) is 11.5 Å². The second-order valence-electron chi connectivity index (χ2n) is 8.62. The molecule has 2 aromatic carbocycles. The Morgan fingerprint density at radius 2 is 1.94 bits per heavy atom. The molecular weight excluding hydrogens is 450 g/mol. The van der Waals surface area contributed by atoms with E-state index in [2.05, 4.69) is 18.2 Å². The highest BCUT2D eigenvalue weighted by molar-refractivity contribution is 7.98. The van der Waals surface area contributed by atoms with Crippen molar-refractivity contribution in [1.29, 1.82) is 0 Å². The first-order valence-electron chi connectivity index (χ1n) is 11.2. The first-order chi connectivity index (χ1) is 16.5. The second-order valence-corrected chi connectivity index (χ2v) is 9.63. The molecule has 0 aliphatic carbocycles. The summed E-state index contributed by atoms with van der Waals surface area (Å²) in [6.07, 6.45) is 5.41. The smallest absolute Gasteiger partial charge is 0.278 e. The number of carbonyl (C=O) groups is 1. The zero-order chi connectivity index (χ0) is 23.4. The molecule has 0 spiro atoms. The third kappa shape index (κ3) is 3.13. The van der Waals surface area contributed by atoms with Crippen molar-refractivity contribution in [2.24, 2.45) is 0 Å². The number of ether oxygens (including phenoxy) is 1. The van der Waals surface area contributed by atoms with E-state index in [1.54, 1.807) is 27.5 Å². The molecule has 4 heterocycles. The Balaban J connectivity index is 1.69. The summed E-state index contributed by atoms with van der Waals surface area (Å²) in [6, 6.07) is 15.1. The number of fused-ring (bicyclic) bond motifs is 7. The van der Waals surface area contributed by atoms with Crippen LogP contribution in [0.1, 0.15) is 40.1 Å². The van der Waals surface area contributed by atoms with Crippen molar-refractivity contribution >= 4 is 17.7 Å². The second kappa shape index (κ2) is 7.99. The summed E-state index contributed by atoms with van der Waals surface area (Å²) < 4.78 is 7.90. The monoisotopic (exact) mass is 473 g/mol. The van der Waals surface area contributed by atoms with E-state index in [0.717, 1.165) is 33.1 Å². The van der Waals surface area contributed by atoms with Crippen LogP contribution in [0.15, 0.2) is 76.6 Å². The Bertz CT molecular complexity index is 1400. The van der Waals surface area contributed by atoms with Crippen LogP contribution in [-0.2, 0) is 5.75 Å². The average molecular weight is 474 g/mol. The van der Waals surface area contributed by atoms with Crippen LogP contribution < -0.4 is 15.2 Å². The topological polar surface area (TPSA) is 75.0 Å². The van der Waals surface area contributed by atoms with Crippen molar-refractivity contribution in [1.82, 2.24) is 9.58 Å². The molecule has 0 fully saturated rings. The van der Waals surface area contributed by atoms with E-state index in [9.17, 15) is 14.7 Å². The number of amides is 1. The maximum absolute atomic E-state index is 13.5. The molecule has 2 bridgehead atoms. The van der Waals surface area contributed by atoms with Crippen LogP contribution in [-0.4, -0.2) is 39.9 Å². The Kier molecular flexibility index (Phi) is 4.91.